The van der Waals surface area contributed by atoms with E-state index in [1.54, 1.807) is 23.5 Å². The second-order valence-corrected chi connectivity index (χ2v) is 13.0. The molecule has 16 nitrogen and oxygen atoms in total. The number of carbonyl (C=O) groups excluding carboxylic acids is 2. The molecule has 0 bridgehead atoms. The number of nitrogens with one attached hydrogen (secondary N) is 4. The van der Waals surface area contributed by atoms with Crippen LogP contribution < -0.4 is 22.1 Å². The number of rotatable bonds is 15. The molecule has 0 atom stereocenters. The summed E-state index contributed by atoms with van der Waals surface area (Å²) in [4.78, 5) is 26.7. The van der Waals surface area contributed by atoms with Gasteiger partial charge in [-0.05, 0) is 49.7 Å². The van der Waals surface area contributed by atoms with Gasteiger partial charge in [0.15, 0.2) is 11.9 Å². The van der Waals surface area contributed by atoms with Gasteiger partial charge in [0.1, 0.15) is 0 Å². The van der Waals surface area contributed by atoms with E-state index >= 15 is 0 Å². The number of hydrogen-bond acceptors (Lipinski definition) is 10. The molecule has 0 aromatic carbocycles. The lowest BCUT2D eigenvalue weighted by atomic mass is 10.2. The number of carbonyl (C=O) groups is 2. The number of urea groups is 2. The number of nitrogens with two attached hydrogens (primary N) is 2. The zero-order chi connectivity index (χ0) is 31.8. The first-order valence-electron chi connectivity index (χ1n) is 12.0. The lowest BCUT2D eigenvalue weighted by Gasteiger charge is -2.22. The summed E-state index contributed by atoms with van der Waals surface area (Å²) in [5, 5.41) is 20.7. The van der Waals surface area contributed by atoms with E-state index in [2.05, 4.69) is 10.6 Å². The molecule has 0 aliphatic carbocycles. The SMILES string of the molecule is CS(=O)(=O)O.CS(=O)(=O)O.CSCCCNC(=O)N(CCCCCCN(C(=N)N)C(=O)NCCCSC)C(=N)N. The predicted molar refractivity (Wildman–Crippen MR) is 163 cm³/mol. The molecule has 0 saturated carbocycles. The number of amides is 4. The molecule has 0 heterocycles. The molecule has 238 valence electrons. The van der Waals surface area contributed by atoms with Gasteiger partial charge in [0.05, 0.1) is 12.5 Å². The lowest BCUT2D eigenvalue weighted by Crippen LogP contribution is -2.47. The van der Waals surface area contributed by atoms with E-state index in [0.717, 1.165) is 37.2 Å². The van der Waals surface area contributed by atoms with E-state index in [1.807, 2.05) is 12.5 Å². The highest BCUT2D eigenvalue weighted by Crippen LogP contribution is 2.05. The zero-order valence-corrected chi connectivity index (χ0v) is 26.8. The average Bonchev–Trinajstić information content (AvgIpc) is 2.78. The van der Waals surface area contributed by atoms with Crippen molar-refractivity contribution in [3.63, 3.8) is 0 Å². The van der Waals surface area contributed by atoms with Crippen molar-refractivity contribution < 1.29 is 35.5 Å². The van der Waals surface area contributed by atoms with Crippen molar-refractivity contribution in [2.24, 2.45) is 11.5 Å². The standard InChI is InChI=1S/C18H38N8O2S2.2CH4O3S/c1-29-13-7-9-23-17(27)25(15(19)20)11-5-3-4-6-12-26(16(21)22)18(28)24-10-8-14-30-2;2*1-5(2,3)4/h3-14H2,1-2H3,(H3,19,20)(H3,21,22)(H,23,27)(H,24,28);2*1H3,(H,2,3,4). The van der Waals surface area contributed by atoms with Crippen LogP contribution in [0.25, 0.3) is 0 Å². The quantitative estimate of drug-likeness (QED) is 0.0529. The molecular weight excluding hydrogens is 609 g/mol. The minimum Gasteiger partial charge on any atom is -0.370 e. The van der Waals surface area contributed by atoms with E-state index in [4.69, 9.17) is 31.4 Å². The van der Waals surface area contributed by atoms with Gasteiger partial charge in [-0.25, -0.2) is 9.59 Å². The Morgan fingerprint density at radius 3 is 1.20 bits per heavy atom. The lowest BCUT2D eigenvalue weighted by molar-refractivity contribution is 0.217. The number of thioether (sulfide) groups is 2. The van der Waals surface area contributed by atoms with Crippen molar-refractivity contribution >= 4 is 67.7 Å². The molecule has 0 aliphatic heterocycles. The molecule has 0 fully saturated rings. The summed E-state index contributed by atoms with van der Waals surface area (Å²) in [6, 6.07) is -0.686. The van der Waals surface area contributed by atoms with Gasteiger partial charge in [-0.2, -0.15) is 40.4 Å². The third-order valence-electron chi connectivity index (χ3n) is 4.19. The third-order valence-corrected chi connectivity index (χ3v) is 5.58. The first kappa shape index (κ1) is 42.5. The summed E-state index contributed by atoms with van der Waals surface area (Å²) >= 11 is 3.44. The summed E-state index contributed by atoms with van der Waals surface area (Å²) < 4.78 is 51.7. The maximum atomic E-state index is 12.1. The summed E-state index contributed by atoms with van der Waals surface area (Å²) in [7, 11) is -7.33. The molecule has 10 N–H and O–H groups in total. The van der Waals surface area contributed by atoms with E-state index in [9.17, 15) is 26.4 Å². The van der Waals surface area contributed by atoms with Crippen molar-refractivity contribution in [2.75, 3.05) is 62.7 Å². The summed E-state index contributed by atoms with van der Waals surface area (Å²) in [5.41, 5.74) is 11.1. The first-order chi connectivity index (χ1) is 18.3. The minimum absolute atomic E-state index is 0.265. The van der Waals surface area contributed by atoms with E-state index in [-0.39, 0.29) is 24.0 Å². The summed E-state index contributed by atoms with van der Waals surface area (Å²) in [5.74, 6) is 1.40. The molecule has 0 aromatic heterocycles. The predicted octanol–water partition coefficient (Wildman–Crippen LogP) is 0.871. The van der Waals surface area contributed by atoms with Crippen LogP contribution in [0.3, 0.4) is 0 Å². The largest absolute Gasteiger partial charge is 0.370 e. The second-order valence-electron chi connectivity index (χ2n) is 8.11. The fraction of sp³-hybridized carbons (Fsp3) is 0.800. The summed E-state index contributed by atoms with van der Waals surface area (Å²) in [6.45, 7) is 1.86. The van der Waals surface area contributed by atoms with Gasteiger partial charge in [-0.3, -0.25) is 29.7 Å². The molecule has 0 radical (unpaired) electrons. The number of unbranched alkanes of at least 4 members (excludes halogenated alkanes) is 3. The van der Waals surface area contributed by atoms with Gasteiger partial charge in [0.25, 0.3) is 20.2 Å². The normalized spacial score (nSPS) is 10.7. The Balaban J connectivity index is -0.00000116. The van der Waals surface area contributed by atoms with Gasteiger partial charge in [-0.1, -0.05) is 12.8 Å². The van der Waals surface area contributed by atoms with Crippen LogP contribution >= 0.6 is 23.5 Å². The van der Waals surface area contributed by atoms with Crippen LogP contribution in [0, 0.1) is 10.8 Å². The molecule has 0 unspecified atom stereocenters. The van der Waals surface area contributed by atoms with Crippen LogP contribution in [0.5, 0.6) is 0 Å². The van der Waals surface area contributed by atoms with Gasteiger partial charge in [0.2, 0.25) is 0 Å². The summed E-state index contributed by atoms with van der Waals surface area (Å²) in [6.07, 6.45) is 10.2. The number of guanidine groups is 2. The maximum Gasteiger partial charge on any atom is 0.324 e. The van der Waals surface area contributed by atoms with Gasteiger partial charge in [0, 0.05) is 26.2 Å². The van der Waals surface area contributed by atoms with E-state index in [0.29, 0.717) is 51.5 Å². The first-order valence-corrected chi connectivity index (χ1v) is 18.4. The average molecular weight is 655 g/mol. The molecule has 4 amide bonds. The highest BCUT2D eigenvalue weighted by Gasteiger charge is 2.17. The minimum atomic E-state index is -3.67. The molecule has 0 rings (SSSR count). The molecule has 20 heteroatoms. The molecule has 0 saturated heterocycles. The Bertz CT molecular complexity index is 860. The smallest absolute Gasteiger partial charge is 0.324 e. The number of nitrogens with zero attached hydrogens (tertiary/aromatic N) is 2. The number of hydrogen-bond donors (Lipinski definition) is 8. The van der Waals surface area contributed by atoms with Gasteiger partial charge < -0.3 is 22.1 Å². The van der Waals surface area contributed by atoms with Crippen LogP contribution in [0.2, 0.25) is 0 Å². The van der Waals surface area contributed by atoms with Gasteiger partial charge in [-0.15, -0.1) is 0 Å². The molecule has 0 spiro atoms. The molecule has 40 heavy (non-hydrogen) atoms. The molecule has 0 aromatic rings. The van der Waals surface area contributed by atoms with Crippen LogP contribution in [-0.4, -0.2) is 122 Å². The van der Waals surface area contributed by atoms with E-state index < -0.39 is 20.2 Å². The van der Waals surface area contributed by atoms with Crippen LogP contribution in [0.1, 0.15) is 38.5 Å². The van der Waals surface area contributed by atoms with Crippen molar-refractivity contribution in [3.8, 4) is 0 Å². The molecular formula is C20H46N8O8S4. The fourth-order valence-electron chi connectivity index (χ4n) is 2.57. The van der Waals surface area contributed by atoms with Crippen LogP contribution in [-0.2, 0) is 20.2 Å². The topological polar surface area (TPSA) is 273 Å². The maximum absolute atomic E-state index is 12.1. The Hall–Kier alpha value is -2.00. The molecule has 0 aliphatic rings. The Morgan fingerprint density at radius 1 is 0.700 bits per heavy atom. The fourth-order valence-corrected chi connectivity index (χ4v) is 3.44. The van der Waals surface area contributed by atoms with Crippen LogP contribution in [0.15, 0.2) is 0 Å². The third kappa shape index (κ3) is 36.0. The van der Waals surface area contributed by atoms with Crippen molar-refractivity contribution in [1.82, 2.24) is 20.4 Å². The second kappa shape index (κ2) is 24.8. The monoisotopic (exact) mass is 654 g/mol. The van der Waals surface area contributed by atoms with E-state index in [1.165, 1.54) is 9.80 Å². The Kier molecular flexibility index (Phi) is 26.3. The van der Waals surface area contributed by atoms with Crippen molar-refractivity contribution in [2.45, 2.75) is 38.5 Å². The van der Waals surface area contributed by atoms with Gasteiger partial charge >= 0.3 is 12.1 Å². The Morgan fingerprint density at radius 2 is 0.975 bits per heavy atom. The Labute approximate surface area is 246 Å². The van der Waals surface area contributed by atoms with Crippen LogP contribution in [0.4, 0.5) is 9.59 Å². The highest BCUT2D eigenvalue weighted by atomic mass is 32.2. The zero-order valence-electron chi connectivity index (χ0n) is 23.5. The van der Waals surface area contributed by atoms with Crippen molar-refractivity contribution in [3.05, 3.63) is 0 Å². The highest BCUT2D eigenvalue weighted by molar-refractivity contribution is 7.98. The van der Waals surface area contributed by atoms with Crippen molar-refractivity contribution in [1.29, 1.82) is 10.8 Å².